The smallest absolute Gasteiger partial charge is 0.253 e. The van der Waals surface area contributed by atoms with Gasteiger partial charge in [0.15, 0.2) is 0 Å². The van der Waals surface area contributed by atoms with Crippen molar-refractivity contribution in [3.8, 4) is 0 Å². The Morgan fingerprint density at radius 3 is 2.83 bits per heavy atom. The maximum absolute atomic E-state index is 12.3. The van der Waals surface area contributed by atoms with Crippen molar-refractivity contribution in [1.29, 1.82) is 0 Å². The summed E-state index contributed by atoms with van der Waals surface area (Å²) in [6.07, 6.45) is 2.92. The molecule has 0 aliphatic rings. The molecule has 0 aliphatic heterocycles. The molecule has 2 aromatic rings. The number of nitrogens with one attached hydrogen (secondary N) is 2. The highest BCUT2D eigenvalue weighted by Gasteiger charge is 2.16. The molecule has 1 aromatic carbocycles. The molecule has 2 unspecified atom stereocenters. The van der Waals surface area contributed by atoms with Gasteiger partial charge in [0.2, 0.25) is 0 Å². The van der Waals surface area contributed by atoms with E-state index in [0.29, 0.717) is 11.5 Å². The minimum absolute atomic E-state index is 0.00384. The number of H-pyrrole nitrogens is 1. The monoisotopic (exact) mass is 244 g/mol. The van der Waals surface area contributed by atoms with Gasteiger partial charge in [-0.05, 0) is 25.0 Å². The van der Waals surface area contributed by atoms with E-state index in [9.17, 15) is 4.79 Å². The zero-order valence-electron chi connectivity index (χ0n) is 11.2. The van der Waals surface area contributed by atoms with E-state index >= 15 is 0 Å². The highest BCUT2D eigenvalue weighted by Crippen LogP contribution is 2.17. The number of fused-ring (bicyclic) bond motifs is 1. The second-order valence-electron chi connectivity index (χ2n) is 4.90. The molecule has 0 spiro atoms. The number of hydrogen-bond acceptors (Lipinski definition) is 1. The minimum atomic E-state index is -0.00384. The average molecular weight is 244 g/mol. The zero-order chi connectivity index (χ0) is 13.1. The Labute approximate surface area is 108 Å². The Bertz CT molecular complexity index is 544. The predicted octanol–water partition coefficient (Wildman–Crippen LogP) is 3.33. The minimum Gasteiger partial charge on any atom is -0.361 e. The molecule has 2 atom stereocenters. The van der Waals surface area contributed by atoms with Gasteiger partial charge >= 0.3 is 0 Å². The largest absolute Gasteiger partial charge is 0.361 e. The first-order chi connectivity index (χ1) is 8.63. The predicted molar refractivity (Wildman–Crippen MR) is 74.7 cm³/mol. The molecule has 1 aromatic heterocycles. The molecule has 0 saturated carbocycles. The second-order valence-corrected chi connectivity index (χ2v) is 4.90. The fourth-order valence-electron chi connectivity index (χ4n) is 2.05. The van der Waals surface area contributed by atoms with Gasteiger partial charge in [-0.25, -0.2) is 0 Å². The molecule has 96 valence electrons. The van der Waals surface area contributed by atoms with Crippen LogP contribution in [0.15, 0.2) is 30.5 Å². The van der Waals surface area contributed by atoms with Gasteiger partial charge in [0.1, 0.15) is 0 Å². The zero-order valence-corrected chi connectivity index (χ0v) is 11.2. The van der Waals surface area contributed by atoms with Crippen LogP contribution in [0, 0.1) is 5.92 Å². The van der Waals surface area contributed by atoms with Crippen molar-refractivity contribution in [3.05, 3.63) is 36.0 Å². The summed E-state index contributed by atoms with van der Waals surface area (Å²) >= 11 is 0. The first kappa shape index (κ1) is 12.7. The van der Waals surface area contributed by atoms with Crippen molar-refractivity contribution in [2.75, 3.05) is 0 Å². The molecule has 2 N–H and O–H groups in total. The molecule has 0 saturated heterocycles. The molecule has 0 radical (unpaired) electrons. The van der Waals surface area contributed by atoms with Gasteiger partial charge < -0.3 is 10.3 Å². The Hall–Kier alpha value is -1.77. The molecule has 0 aliphatic carbocycles. The van der Waals surface area contributed by atoms with Crippen molar-refractivity contribution in [2.24, 2.45) is 5.92 Å². The molecule has 3 nitrogen and oxygen atoms in total. The third-order valence-corrected chi connectivity index (χ3v) is 3.69. The van der Waals surface area contributed by atoms with Crippen LogP contribution < -0.4 is 5.32 Å². The summed E-state index contributed by atoms with van der Waals surface area (Å²) in [6.45, 7) is 6.35. The molecule has 0 fully saturated rings. The van der Waals surface area contributed by atoms with Gasteiger partial charge in [0.05, 0.1) is 11.1 Å². The molecule has 0 bridgehead atoms. The van der Waals surface area contributed by atoms with E-state index in [1.54, 1.807) is 0 Å². The number of benzene rings is 1. The number of carbonyl (C=O) groups excluding carboxylic acids is 1. The quantitative estimate of drug-likeness (QED) is 0.851. The Morgan fingerprint density at radius 2 is 2.11 bits per heavy atom. The normalized spacial score (nSPS) is 14.4. The first-order valence-corrected chi connectivity index (χ1v) is 6.50. The third kappa shape index (κ3) is 2.40. The number of amides is 1. The van der Waals surface area contributed by atoms with E-state index < -0.39 is 0 Å². The van der Waals surface area contributed by atoms with Crippen LogP contribution >= 0.6 is 0 Å². The topological polar surface area (TPSA) is 44.9 Å². The van der Waals surface area contributed by atoms with Gasteiger partial charge in [-0.1, -0.05) is 32.4 Å². The molecule has 2 rings (SSSR count). The van der Waals surface area contributed by atoms with E-state index in [1.807, 2.05) is 30.5 Å². The molecule has 1 heterocycles. The van der Waals surface area contributed by atoms with Gasteiger partial charge in [-0.2, -0.15) is 0 Å². The number of rotatable bonds is 4. The Morgan fingerprint density at radius 1 is 1.33 bits per heavy atom. The highest BCUT2D eigenvalue weighted by atomic mass is 16.1. The number of carbonyl (C=O) groups is 1. The maximum Gasteiger partial charge on any atom is 0.253 e. The number of aromatic nitrogens is 1. The lowest BCUT2D eigenvalue weighted by molar-refractivity contribution is 0.0929. The molecule has 1 amide bonds. The van der Waals surface area contributed by atoms with Crippen LogP contribution in [0.4, 0.5) is 0 Å². The van der Waals surface area contributed by atoms with E-state index in [-0.39, 0.29) is 11.9 Å². The number of aromatic amines is 1. The summed E-state index contributed by atoms with van der Waals surface area (Å²) < 4.78 is 0. The summed E-state index contributed by atoms with van der Waals surface area (Å²) in [5.74, 6) is 0.479. The van der Waals surface area contributed by atoms with Crippen LogP contribution in [0.5, 0.6) is 0 Å². The van der Waals surface area contributed by atoms with Gasteiger partial charge in [-0.3, -0.25) is 4.79 Å². The van der Waals surface area contributed by atoms with Crippen molar-refractivity contribution in [3.63, 3.8) is 0 Å². The summed E-state index contributed by atoms with van der Waals surface area (Å²) in [4.78, 5) is 15.4. The first-order valence-electron chi connectivity index (χ1n) is 6.50. The summed E-state index contributed by atoms with van der Waals surface area (Å²) in [7, 11) is 0. The lowest BCUT2D eigenvalue weighted by Crippen LogP contribution is -2.37. The summed E-state index contributed by atoms with van der Waals surface area (Å²) in [5, 5.41) is 4.14. The Balaban J connectivity index is 2.21. The Kier molecular flexibility index (Phi) is 3.70. The number of para-hydroxylation sites is 1. The van der Waals surface area contributed by atoms with E-state index in [2.05, 4.69) is 31.1 Å². The van der Waals surface area contributed by atoms with Gasteiger partial charge in [0, 0.05) is 17.6 Å². The van der Waals surface area contributed by atoms with Crippen LogP contribution in [-0.2, 0) is 0 Å². The van der Waals surface area contributed by atoms with Crippen molar-refractivity contribution in [2.45, 2.75) is 33.2 Å². The van der Waals surface area contributed by atoms with Crippen LogP contribution in [0.3, 0.4) is 0 Å². The summed E-state index contributed by atoms with van der Waals surface area (Å²) in [5.41, 5.74) is 1.62. The second kappa shape index (κ2) is 5.25. The molecular weight excluding hydrogens is 224 g/mol. The van der Waals surface area contributed by atoms with Gasteiger partial charge in [-0.15, -0.1) is 0 Å². The maximum atomic E-state index is 12.3. The SMILES string of the molecule is CCC(C)C(C)NC(=O)c1cccc2cc[nH]c12. The van der Waals surface area contributed by atoms with Crippen LogP contribution in [-0.4, -0.2) is 16.9 Å². The fraction of sp³-hybridized carbons (Fsp3) is 0.400. The van der Waals surface area contributed by atoms with E-state index in [0.717, 1.165) is 17.3 Å². The van der Waals surface area contributed by atoms with Crippen LogP contribution in [0.25, 0.3) is 10.9 Å². The van der Waals surface area contributed by atoms with E-state index in [4.69, 9.17) is 0 Å². The average Bonchev–Trinajstić information content (AvgIpc) is 2.85. The summed E-state index contributed by atoms with van der Waals surface area (Å²) in [6, 6.07) is 7.94. The van der Waals surface area contributed by atoms with Crippen molar-refractivity contribution in [1.82, 2.24) is 10.3 Å². The van der Waals surface area contributed by atoms with Crippen molar-refractivity contribution >= 4 is 16.8 Å². The lowest BCUT2D eigenvalue weighted by Gasteiger charge is -2.20. The fourth-order valence-corrected chi connectivity index (χ4v) is 2.05. The van der Waals surface area contributed by atoms with Crippen LogP contribution in [0.1, 0.15) is 37.6 Å². The highest BCUT2D eigenvalue weighted by molar-refractivity contribution is 6.05. The standard InChI is InChI=1S/C15H20N2O/c1-4-10(2)11(3)17-15(18)13-7-5-6-12-8-9-16-14(12)13/h5-11,16H,4H2,1-3H3,(H,17,18). The molecule has 3 heteroatoms. The van der Waals surface area contributed by atoms with Crippen LogP contribution in [0.2, 0.25) is 0 Å². The van der Waals surface area contributed by atoms with Gasteiger partial charge in [0.25, 0.3) is 5.91 Å². The van der Waals surface area contributed by atoms with E-state index in [1.165, 1.54) is 0 Å². The third-order valence-electron chi connectivity index (χ3n) is 3.69. The molecular formula is C15H20N2O. The number of hydrogen-bond donors (Lipinski definition) is 2. The molecule has 18 heavy (non-hydrogen) atoms. The van der Waals surface area contributed by atoms with Crippen molar-refractivity contribution < 1.29 is 4.79 Å². The lowest BCUT2D eigenvalue weighted by atomic mass is 10.0.